The van der Waals surface area contributed by atoms with Gasteiger partial charge in [-0.15, -0.1) is 0 Å². The number of halogens is 1. The van der Waals surface area contributed by atoms with Gasteiger partial charge in [0, 0.05) is 5.02 Å². The van der Waals surface area contributed by atoms with Crippen LogP contribution in [-0.2, 0) is 14.8 Å². The number of rotatable bonds is 7. The maximum absolute atomic E-state index is 12.5. The highest BCUT2D eigenvalue weighted by Gasteiger charge is 2.28. The average molecular weight is 440 g/mol. The monoisotopic (exact) mass is 439 g/mol. The molecule has 3 N–H and O–H groups in total. The van der Waals surface area contributed by atoms with Gasteiger partial charge in [0.05, 0.1) is 17.6 Å². The first-order valence-corrected chi connectivity index (χ1v) is 10.5. The summed E-state index contributed by atoms with van der Waals surface area (Å²) in [6.45, 7) is 3.36. The molecule has 0 radical (unpaired) electrons. The highest BCUT2D eigenvalue weighted by Crippen LogP contribution is 2.22. The van der Waals surface area contributed by atoms with E-state index in [1.807, 2.05) is 0 Å². The van der Waals surface area contributed by atoms with Crippen LogP contribution in [0.5, 0.6) is 5.75 Å². The van der Waals surface area contributed by atoms with Crippen molar-refractivity contribution >= 4 is 33.4 Å². The molecule has 0 bridgehead atoms. The minimum Gasteiger partial charge on any atom is -0.496 e. The van der Waals surface area contributed by atoms with Gasteiger partial charge < -0.3 is 4.74 Å². The molecule has 2 rings (SSSR count). The third kappa shape index (κ3) is 5.93. The lowest BCUT2D eigenvalue weighted by molar-refractivity contribution is -0.124. The number of ether oxygens (including phenoxy) is 1. The van der Waals surface area contributed by atoms with Crippen molar-refractivity contribution in [1.29, 1.82) is 0 Å². The van der Waals surface area contributed by atoms with Gasteiger partial charge in [0.25, 0.3) is 11.8 Å². The van der Waals surface area contributed by atoms with E-state index in [1.165, 1.54) is 31.4 Å². The number of nitrogens with one attached hydrogen (secondary N) is 3. The van der Waals surface area contributed by atoms with E-state index in [1.54, 1.807) is 38.1 Å². The van der Waals surface area contributed by atoms with Crippen molar-refractivity contribution in [3.63, 3.8) is 0 Å². The van der Waals surface area contributed by atoms with Crippen LogP contribution < -0.4 is 20.3 Å². The summed E-state index contributed by atoms with van der Waals surface area (Å²) in [6.07, 6.45) is 0. The molecule has 1 atom stereocenters. The minimum atomic E-state index is -3.92. The van der Waals surface area contributed by atoms with Gasteiger partial charge in [-0.05, 0) is 36.2 Å². The van der Waals surface area contributed by atoms with Crippen molar-refractivity contribution in [2.24, 2.45) is 5.92 Å². The summed E-state index contributed by atoms with van der Waals surface area (Å²) in [4.78, 5) is 25.0. The first-order chi connectivity index (χ1) is 13.7. The zero-order valence-electron chi connectivity index (χ0n) is 16.1. The Bertz CT molecular complexity index is 981. The van der Waals surface area contributed by atoms with Gasteiger partial charge in [-0.1, -0.05) is 43.6 Å². The van der Waals surface area contributed by atoms with E-state index in [2.05, 4.69) is 15.6 Å². The summed E-state index contributed by atoms with van der Waals surface area (Å²) in [7, 11) is -2.52. The number of hydrazine groups is 1. The highest BCUT2D eigenvalue weighted by atomic mass is 35.5. The van der Waals surface area contributed by atoms with Crippen LogP contribution in [0.2, 0.25) is 5.02 Å². The molecular weight excluding hydrogens is 418 g/mol. The largest absolute Gasteiger partial charge is 0.496 e. The Morgan fingerprint density at radius 2 is 1.69 bits per heavy atom. The van der Waals surface area contributed by atoms with E-state index in [4.69, 9.17) is 16.3 Å². The molecule has 0 spiro atoms. The molecule has 2 aromatic carbocycles. The van der Waals surface area contributed by atoms with E-state index in [0.29, 0.717) is 5.02 Å². The Balaban J connectivity index is 2.11. The number of benzene rings is 2. The van der Waals surface area contributed by atoms with E-state index in [0.717, 1.165) is 0 Å². The molecule has 0 fully saturated rings. The standard InChI is InChI=1S/C19H22ClN3O5S/c1-12(2)17(23-29(26,27)14-7-5-4-6-8-14)19(25)22-21-18(24)15-11-13(20)9-10-16(15)28-3/h4-12,17,23H,1-3H3,(H,21,24)(H,22,25). The van der Waals surface area contributed by atoms with Gasteiger partial charge in [0.15, 0.2) is 0 Å². The van der Waals surface area contributed by atoms with E-state index in [9.17, 15) is 18.0 Å². The predicted octanol–water partition coefficient (Wildman–Crippen LogP) is 2.11. The SMILES string of the molecule is COc1ccc(Cl)cc1C(=O)NNC(=O)C(NS(=O)(=O)c1ccccc1)C(C)C. The summed E-state index contributed by atoms with van der Waals surface area (Å²) >= 11 is 5.90. The second-order valence-electron chi connectivity index (χ2n) is 6.44. The van der Waals surface area contributed by atoms with Gasteiger partial charge >= 0.3 is 0 Å². The molecule has 0 saturated carbocycles. The van der Waals surface area contributed by atoms with Crippen molar-refractivity contribution in [3.05, 3.63) is 59.1 Å². The lowest BCUT2D eigenvalue weighted by Gasteiger charge is -2.22. The average Bonchev–Trinajstić information content (AvgIpc) is 2.70. The van der Waals surface area contributed by atoms with Crippen LogP contribution in [0.1, 0.15) is 24.2 Å². The lowest BCUT2D eigenvalue weighted by Crippen LogP contribution is -2.54. The van der Waals surface area contributed by atoms with Crippen LogP contribution in [0, 0.1) is 5.92 Å². The molecule has 0 aromatic heterocycles. The van der Waals surface area contributed by atoms with Gasteiger partial charge in [-0.25, -0.2) is 8.42 Å². The van der Waals surface area contributed by atoms with Crippen LogP contribution in [0.15, 0.2) is 53.4 Å². The number of hydrogen-bond acceptors (Lipinski definition) is 5. The number of carbonyl (C=O) groups is 2. The van der Waals surface area contributed by atoms with E-state index < -0.39 is 27.9 Å². The Kier molecular flexibility index (Phi) is 7.60. The molecule has 1 unspecified atom stereocenters. The van der Waals surface area contributed by atoms with Crippen molar-refractivity contribution in [2.45, 2.75) is 24.8 Å². The molecule has 0 aliphatic heterocycles. The first kappa shape index (κ1) is 22.7. The lowest BCUT2D eigenvalue weighted by atomic mass is 10.1. The normalized spacial score (nSPS) is 12.3. The summed E-state index contributed by atoms with van der Waals surface area (Å²) in [5, 5.41) is 0.318. The van der Waals surface area contributed by atoms with Crippen molar-refractivity contribution in [2.75, 3.05) is 7.11 Å². The highest BCUT2D eigenvalue weighted by molar-refractivity contribution is 7.89. The fourth-order valence-corrected chi connectivity index (χ4v) is 3.99. The van der Waals surface area contributed by atoms with Crippen LogP contribution in [-0.4, -0.2) is 33.4 Å². The zero-order chi connectivity index (χ0) is 21.6. The fraction of sp³-hybridized carbons (Fsp3) is 0.263. The maximum Gasteiger partial charge on any atom is 0.273 e. The van der Waals surface area contributed by atoms with Gasteiger partial charge in [-0.2, -0.15) is 4.72 Å². The molecule has 156 valence electrons. The topological polar surface area (TPSA) is 114 Å². The second-order valence-corrected chi connectivity index (χ2v) is 8.59. The summed E-state index contributed by atoms with van der Waals surface area (Å²) in [6, 6.07) is 11.0. The molecule has 0 aliphatic carbocycles. The quantitative estimate of drug-likeness (QED) is 0.572. The van der Waals surface area contributed by atoms with E-state index in [-0.39, 0.29) is 22.1 Å². The Morgan fingerprint density at radius 1 is 1.03 bits per heavy atom. The maximum atomic E-state index is 12.5. The molecule has 29 heavy (non-hydrogen) atoms. The van der Waals surface area contributed by atoms with Gasteiger partial charge in [-0.3, -0.25) is 20.4 Å². The van der Waals surface area contributed by atoms with Crippen molar-refractivity contribution in [3.8, 4) is 5.75 Å². The minimum absolute atomic E-state index is 0.0335. The smallest absolute Gasteiger partial charge is 0.273 e. The first-order valence-electron chi connectivity index (χ1n) is 8.67. The molecule has 0 saturated heterocycles. The molecule has 10 heteroatoms. The van der Waals surface area contributed by atoms with Crippen molar-refractivity contribution in [1.82, 2.24) is 15.6 Å². The fourth-order valence-electron chi connectivity index (χ4n) is 2.45. The zero-order valence-corrected chi connectivity index (χ0v) is 17.7. The van der Waals surface area contributed by atoms with Crippen LogP contribution in [0.25, 0.3) is 0 Å². The Labute approximate surface area is 174 Å². The van der Waals surface area contributed by atoms with Gasteiger partial charge in [0.1, 0.15) is 11.8 Å². The summed E-state index contributed by atoms with van der Waals surface area (Å²) < 4.78 is 32.5. The number of carbonyl (C=O) groups excluding carboxylic acids is 2. The molecule has 0 heterocycles. The second kappa shape index (κ2) is 9.73. The number of sulfonamides is 1. The summed E-state index contributed by atoms with van der Waals surface area (Å²) in [5.41, 5.74) is 4.61. The van der Waals surface area contributed by atoms with Crippen LogP contribution >= 0.6 is 11.6 Å². The molecule has 0 aliphatic rings. The Hall–Kier alpha value is -2.62. The third-order valence-electron chi connectivity index (χ3n) is 3.99. The number of hydrogen-bond donors (Lipinski definition) is 3. The number of amides is 2. The predicted molar refractivity (Wildman–Crippen MR) is 109 cm³/mol. The molecule has 8 nitrogen and oxygen atoms in total. The summed E-state index contributed by atoms with van der Waals surface area (Å²) in [5.74, 6) is -1.49. The van der Waals surface area contributed by atoms with Gasteiger partial charge in [0.2, 0.25) is 10.0 Å². The number of methoxy groups -OCH3 is 1. The van der Waals surface area contributed by atoms with E-state index >= 15 is 0 Å². The molecule has 2 aromatic rings. The van der Waals surface area contributed by atoms with Crippen LogP contribution in [0.4, 0.5) is 0 Å². The Morgan fingerprint density at radius 3 is 2.28 bits per heavy atom. The third-order valence-corrected chi connectivity index (χ3v) is 5.68. The van der Waals surface area contributed by atoms with Crippen LogP contribution in [0.3, 0.4) is 0 Å². The molecular formula is C19H22ClN3O5S. The van der Waals surface area contributed by atoms with Crippen molar-refractivity contribution < 1.29 is 22.7 Å². The molecule has 2 amide bonds.